The average molecular weight is 215 g/mol. The van der Waals surface area contributed by atoms with Gasteiger partial charge in [-0.05, 0) is 31.4 Å². The zero-order chi connectivity index (χ0) is 11.2. The molecule has 0 amide bonds. The molecule has 1 aromatic heterocycles. The van der Waals surface area contributed by atoms with Crippen LogP contribution in [0.25, 0.3) is 0 Å². The fourth-order valence-corrected chi connectivity index (χ4v) is 1.83. The summed E-state index contributed by atoms with van der Waals surface area (Å²) < 4.78 is 0. The molecule has 16 heavy (non-hydrogen) atoms. The van der Waals surface area contributed by atoms with Crippen LogP contribution in [0.1, 0.15) is 36.9 Å². The third kappa shape index (κ3) is 3.32. The van der Waals surface area contributed by atoms with E-state index in [4.69, 9.17) is 5.26 Å². The number of rotatable bonds is 6. The van der Waals surface area contributed by atoms with Crippen molar-refractivity contribution in [3.05, 3.63) is 29.6 Å². The lowest BCUT2D eigenvalue weighted by Gasteiger charge is -2.05. The molecule has 84 valence electrons. The number of aromatic nitrogens is 1. The lowest BCUT2D eigenvalue weighted by atomic mass is 10.2. The van der Waals surface area contributed by atoms with Gasteiger partial charge >= 0.3 is 0 Å². The maximum absolute atomic E-state index is 8.86. The van der Waals surface area contributed by atoms with Crippen LogP contribution in [0.5, 0.6) is 0 Å². The first-order valence-electron chi connectivity index (χ1n) is 5.95. The van der Waals surface area contributed by atoms with Crippen molar-refractivity contribution in [2.24, 2.45) is 5.92 Å². The minimum atomic E-state index is 0.539. The minimum absolute atomic E-state index is 0.539. The number of pyridine rings is 1. The smallest absolute Gasteiger partial charge is 0.144 e. The quantitative estimate of drug-likeness (QED) is 0.740. The SMILES string of the molecule is N#Cc1ncccc1CNCCCC1CC1. The van der Waals surface area contributed by atoms with Crippen molar-refractivity contribution in [2.45, 2.75) is 32.2 Å². The number of nitrogens with zero attached hydrogens (tertiary/aromatic N) is 2. The summed E-state index contributed by atoms with van der Waals surface area (Å²) in [6.07, 6.45) is 7.12. The van der Waals surface area contributed by atoms with Crippen molar-refractivity contribution in [1.82, 2.24) is 10.3 Å². The Kier molecular flexibility index (Phi) is 3.90. The molecule has 3 nitrogen and oxygen atoms in total. The van der Waals surface area contributed by atoms with E-state index in [-0.39, 0.29) is 0 Å². The Morgan fingerprint density at radius 1 is 1.50 bits per heavy atom. The standard InChI is InChI=1S/C13H17N3/c14-9-13-12(4-2-8-16-13)10-15-7-1-3-11-5-6-11/h2,4,8,11,15H,1,3,5-7,10H2. The van der Waals surface area contributed by atoms with Gasteiger partial charge in [0.25, 0.3) is 0 Å². The summed E-state index contributed by atoms with van der Waals surface area (Å²) in [5.41, 5.74) is 1.54. The van der Waals surface area contributed by atoms with E-state index in [1.54, 1.807) is 6.20 Å². The van der Waals surface area contributed by atoms with E-state index in [1.165, 1.54) is 25.7 Å². The molecule has 0 radical (unpaired) electrons. The molecular weight excluding hydrogens is 198 g/mol. The molecule has 3 heteroatoms. The highest BCUT2D eigenvalue weighted by Gasteiger charge is 2.19. The summed E-state index contributed by atoms with van der Waals surface area (Å²) >= 11 is 0. The van der Waals surface area contributed by atoms with Gasteiger partial charge in [-0.25, -0.2) is 4.98 Å². The average Bonchev–Trinajstić information content (AvgIpc) is 3.13. The third-order valence-corrected chi connectivity index (χ3v) is 2.98. The van der Waals surface area contributed by atoms with Crippen LogP contribution in [0.4, 0.5) is 0 Å². The summed E-state index contributed by atoms with van der Waals surface area (Å²) in [5, 5.41) is 12.2. The molecule has 0 spiro atoms. The molecule has 0 atom stereocenters. The fourth-order valence-electron chi connectivity index (χ4n) is 1.83. The Balaban J connectivity index is 1.69. The molecule has 1 heterocycles. The lowest BCUT2D eigenvalue weighted by molar-refractivity contribution is 0.593. The van der Waals surface area contributed by atoms with E-state index in [0.29, 0.717) is 5.69 Å². The van der Waals surface area contributed by atoms with Gasteiger partial charge in [-0.3, -0.25) is 0 Å². The Morgan fingerprint density at radius 3 is 3.12 bits per heavy atom. The molecule has 1 aromatic rings. The van der Waals surface area contributed by atoms with Crippen LogP contribution in [-0.4, -0.2) is 11.5 Å². The first kappa shape index (κ1) is 11.1. The Labute approximate surface area is 96.5 Å². The Bertz CT molecular complexity index is 377. The summed E-state index contributed by atoms with van der Waals surface area (Å²) in [6, 6.07) is 5.95. The van der Waals surface area contributed by atoms with E-state index < -0.39 is 0 Å². The Hall–Kier alpha value is -1.40. The van der Waals surface area contributed by atoms with Crippen molar-refractivity contribution >= 4 is 0 Å². The predicted molar refractivity (Wildman–Crippen MR) is 62.6 cm³/mol. The highest BCUT2D eigenvalue weighted by atomic mass is 14.9. The summed E-state index contributed by atoms with van der Waals surface area (Å²) in [7, 11) is 0. The monoisotopic (exact) mass is 215 g/mol. The van der Waals surface area contributed by atoms with E-state index in [1.807, 2.05) is 12.1 Å². The topological polar surface area (TPSA) is 48.7 Å². The van der Waals surface area contributed by atoms with Crippen LogP contribution >= 0.6 is 0 Å². The van der Waals surface area contributed by atoms with Gasteiger partial charge in [0, 0.05) is 18.3 Å². The molecule has 1 fully saturated rings. The van der Waals surface area contributed by atoms with Crippen molar-refractivity contribution in [2.75, 3.05) is 6.54 Å². The highest BCUT2D eigenvalue weighted by molar-refractivity contribution is 5.30. The van der Waals surface area contributed by atoms with Crippen LogP contribution in [0.3, 0.4) is 0 Å². The summed E-state index contributed by atoms with van der Waals surface area (Å²) in [6.45, 7) is 1.79. The molecule has 0 aliphatic heterocycles. The molecule has 1 saturated carbocycles. The molecule has 2 rings (SSSR count). The molecule has 1 aliphatic carbocycles. The van der Waals surface area contributed by atoms with Crippen molar-refractivity contribution in [3.8, 4) is 6.07 Å². The van der Waals surface area contributed by atoms with Crippen LogP contribution in [-0.2, 0) is 6.54 Å². The van der Waals surface area contributed by atoms with E-state index in [9.17, 15) is 0 Å². The second-order valence-corrected chi connectivity index (χ2v) is 4.39. The number of hydrogen-bond acceptors (Lipinski definition) is 3. The highest BCUT2D eigenvalue weighted by Crippen LogP contribution is 2.33. The van der Waals surface area contributed by atoms with Gasteiger partial charge in [-0.1, -0.05) is 18.9 Å². The second kappa shape index (κ2) is 5.62. The molecule has 0 saturated heterocycles. The molecule has 0 bridgehead atoms. The van der Waals surface area contributed by atoms with Crippen LogP contribution in [0, 0.1) is 17.2 Å². The third-order valence-electron chi connectivity index (χ3n) is 2.98. The normalized spacial score (nSPS) is 14.7. The zero-order valence-corrected chi connectivity index (χ0v) is 9.45. The van der Waals surface area contributed by atoms with E-state index in [0.717, 1.165) is 24.6 Å². The van der Waals surface area contributed by atoms with Crippen molar-refractivity contribution in [3.63, 3.8) is 0 Å². The molecule has 1 N–H and O–H groups in total. The van der Waals surface area contributed by atoms with E-state index in [2.05, 4.69) is 16.4 Å². The van der Waals surface area contributed by atoms with E-state index >= 15 is 0 Å². The minimum Gasteiger partial charge on any atom is -0.313 e. The predicted octanol–water partition coefficient (Wildman–Crippen LogP) is 2.23. The first-order chi connectivity index (χ1) is 7.90. The maximum atomic E-state index is 8.86. The largest absolute Gasteiger partial charge is 0.313 e. The van der Waals surface area contributed by atoms with Gasteiger partial charge in [0.05, 0.1) is 0 Å². The molecule has 0 aromatic carbocycles. The van der Waals surface area contributed by atoms with Gasteiger partial charge < -0.3 is 5.32 Å². The van der Waals surface area contributed by atoms with Gasteiger partial charge in [0.2, 0.25) is 0 Å². The number of nitriles is 1. The summed E-state index contributed by atoms with van der Waals surface area (Å²) in [5.74, 6) is 1.01. The molecular formula is C13H17N3. The van der Waals surface area contributed by atoms with Crippen molar-refractivity contribution in [1.29, 1.82) is 5.26 Å². The molecule has 1 aliphatic rings. The second-order valence-electron chi connectivity index (χ2n) is 4.39. The van der Waals surface area contributed by atoms with Gasteiger partial charge in [-0.15, -0.1) is 0 Å². The number of nitrogens with one attached hydrogen (secondary N) is 1. The maximum Gasteiger partial charge on any atom is 0.144 e. The lowest BCUT2D eigenvalue weighted by Crippen LogP contribution is -2.15. The summed E-state index contributed by atoms with van der Waals surface area (Å²) in [4.78, 5) is 4.03. The number of hydrogen-bond donors (Lipinski definition) is 1. The van der Waals surface area contributed by atoms with Gasteiger partial charge in [0.1, 0.15) is 11.8 Å². The Morgan fingerprint density at radius 2 is 2.38 bits per heavy atom. The fraction of sp³-hybridized carbons (Fsp3) is 0.538. The zero-order valence-electron chi connectivity index (χ0n) is 9.45. The van der Waals surface area contributed by atoms with Gasteiger partial charge in [0.15, 0.2) is 0 Å². The first-order valence-corrected chi connectivity index (χ1v) is 5.95. The molecule has 0 unspecified atom stereocenters. The van der Waals surface area contributed by atoms with Gasteiger partial charge in [-0.2, -0.15) is 5.26 Å². The van der Waals surface area contributed by atoms with Crippen LogP contribution < -0.4 is 5.32 Å². The van der Waals surface area contributed by atoms with Crippen LogP contribution in [0.15, 0.2) is 18.3 Å². The van der Waals surface area contributed by atoms with Crippen LogP contribution in [0.2, 0.25) is 0 Å². The van der Waals surface area contributed by atoms with Crippen molar-refractivity contribution < 1.29 is 0 Å².